The van der Waals surface area contributed by atoms with E-state index in [0.717, 1.165) is 21.9 Å². The molecule has 0 aliphatic carbocycles. The first-order valence-corrected chi connectivity index (χ1v) is 11.6. The monoisotopic (exact) mass is 479 g/mol. The van der Waals surface area contributed by atoms with Gasteiger partial charge in [0.15, 0.2) is 5.15 Å². The van der Waals surface area contributed by atoms with Crippen molar-refractivity contribution in [2.75, 3.05) is 0 Å². The highest BCUT2D eigenvalue weighted by molar-refractivity contribution is 6.30. The molecule has 1 amide bonds. The Bertz CT molecular complexity index is 1470. The molecule has 5 rings (SSSR count). The molecule has 5 nitrogen and oxygen atoms in total. The Hall–Kier alpha value is -4.22. The molecule has 1 aromatic heterocycles. The van der Waals surface area contributed by atoms with Crippen molar-refractivity contribution in [1.82, 2.24) is 15.3 Å². The first-order valence-electron chi connectivity index (χ1n) is 11.2. The van der Waals surface area contributed by atoms with Crippen LogP contribution in [0.3, 0.4) is 0 Å². The fourth-order valence-electron chi connectivity index (χ4n) is 3.90. The summed E-state index contributed by atoms with van der Waals surface area (Å²) in [7, 11) is 0. The van der Waals surface area contributed by atoms with Crippen LogP contribution in [0.15, 0.2) is 109 Å². The van der Waals surface area contributed by atoms with Crippen LogP contribution in [0.2, 0.25) is 5.15 Å². The summed E-state index contributed by atoms with van der Waals surface area (Å²) >= 11 is 6.40. The van der Waals surface area contributed by atoms with Crippen LogP contribution in [0, 0.1) is 0 Å². The molecule has 0 aliphatic rings. The number of nitrogens with one attached hydrogen (secondary N) is 1. The summed E-state index contributed by atoms with van der Waals surface area (Å²) in [6.45, 7) is 0.435. The lowest BCUT2D eigenvalue weighted by Crippen LogP contribution is -2.30. The molecule has 1 atom stereocenters. The highest BCUT2D eigenvalue weighted by atomic mass is 35.5. The fourth-order valence-corrected chi connectivity index (χ4v) is 4.12. The molecule has 0 spiro atoms. The van der Waals surface area contributed by atoms with Crippen molar-refractivity contribution in [2.24, 2.45) is 0 Å². The van der Waals surface area contributed by atoms with Crippen LogP contribution in [0.5, 0.6) is 5.75 Å². The Morgan fingerprint density at radius 3 is 2.43 bits per heavy atom. The van der Waals surface area contributed by atoms with Crippen LogP contribution in [-0.4, -0.2) is 15.9 Å². The van der Waals surface area contributed by atoms with Gasteiger partial charge < -0.3 is 10.1 Å². The number of carbonyl (C=O) groups is 1. The summed E-state index contributed by atoms with van der Waals surface area (Å²) in [6, 6.07) is 30.4. The van der Waals surface area contributed by atoms with E-state index in [2.05, 4.69) is 15.3 Å². The van der Waals surface area contributed by atoms with E-state index in [-0.39, 0.29) is 11.1 Å². The predicted octanol–water partition coefficient (Wildman–Crippen LogP) is 6.38. The van der Waals surface area contributed by atoms with Gasteiger partial charge in [0, 0.05) is 18.0 Å². The third kappa shape index (κ3) is 5.31. The maximum Gasteiger partial charge on any atom is 0.252 e. The lowest BCUT2D eigenvalue weighted by Gasteiger charge is -2.20. The molecule has 0 bridgehead atoms. The zero-order chi connectivity index (χ0) is 24.0. The largest absolute Gasteiger partial charge is 0.489 e. The van der Waals surface area contributed by atoms with Gasteiger partial charge in [0.2, 0.25) is 0 Å². The summed E-state index contributed by atoms with van der Waals surface area (Å²) in [6.07, 6.45) is 3.08. The number of amides is 1. The predicted molar refractivity (Wildman–Crippen MR) is 138 cm³/mol. The summed E-state index contributed by atoms with van der Waals surface area (Å²) in [4.78, 5) is 21.9. The molecule has 0 saturated carbocycles. The third-order valence-electron chi connectivity index (χ3n) is 5.68. The summed E-state index contributed by atoms with van der Waals surface area (Å²) in [5.41, 5.74) is 2.86. The Kier molecular flexibility index (Phi) is 6.68. The normalized spacial score (nSPS) is 11.7. The molecule has 172 valence electrons. The van der Waals surface area contributed by atoms with E-state index >= 15 is 0 Å². The van der Waals surface area contributed by atoms with Crippen molar-refractivity contribution in [1.29, 1.82) is 0 Å². The molecule has 0 radical (unpaired) electrons. The van der Waals surface area contributed by atoms with Crippen LogP contribution >= 0.6 is 11.6 Å². The maximum atomic E-state index is 13.3. The lowest BCUT2D eigenvalue weighted by atomic mass is 10.0. The average Bonchev–Trinajstić information content (AvgIpc) is 2.91. The van der Waals surface area contributed by atoms with Crippen molar-refractivity contribution in [3.05, 3.63) is 137 Å². The minimum absolute atomic E-state index is 0.229. The Labute approximate surface area is 208 Å². The Morgan fingerprint density at radius 1 is 0.829 bits per heavy atom. The standard InChI is InChI=1S/C29H22ClN3O2/c30-28-27(31-15-16-32-28)26(33-29(34)24-14-13-21-9-4-5-10-22(21)17-24)23-11-6-12-25(18-23)35-19-20-7-2-1-3-8-20/h1-18,26H,19H2,(H,33,34). The van der Waals surface area contributed by atoms with Gasteiger partial charge in [0.05, 0.1) is 0 Å². The van der Waals surface area contributed by atoms with Crippen LogP contribution in [0.4, 0.5) is 0 Å². The van der Waals surface area contributed by atoms with E-state index in [4.69, 9.17) is 16.3 Å². The number of fused-ring (bicyclic) bond motifs is 1. The van der Waals surface area contributed by atoms with Gasteiger partial charge in [-0.3, -0.25) is 9.78 Å². The van der Waals surface area contributed by atoms with E-state index in [1.807, 2.05) is 97.1 Å². The highest BCUT2D eigenvalue weighted by Crippen LogP contribution is 2.28. The molecule has 1 N–H and O–H groups in total. The van der Waals surface area contributed by atoms with Gasteiger partial charge in [-0.05, 0) is 46.2 Å². The van der Waals surface area contributed by atoms with Crippen molar-refractivity contribution < 1.29 is 9.53 Å². The zero-order valence-corrected chi connectivity index (χ0v) is 19.5. The molecule has 0 fully saturated rings. The van der Waals surface area contributed by atoms with E-state index in [1.165, 1.54) is 6.20 Å². The maximum absolute atomic E-state index is 13.3. The fraction of sp³-hybridized carbons (Fsp3) is 0.0690. The zero-order valence-electron chi connectivity index (χ0n) is 18.8. The van der Waals surface area contributed by atoms with E-state index in [1.54, 1.807) is 6.20 Å². The Balaban J connectivity index is 1.44. The Morgan fingerprint density at radius 2 is 1.60 bits per heavy atom. The van der Waals surface area contributed by atoms with Gasteiger partial charge in [0.1, 0.15) is 24.1 Å². The number of aromatic nitrogens is 2. The second-order valence-corrected chi connectivity index (χ2v) is 8.41. The number of nitrogens with zero attached hydrogens (tertiary/aromatic N) is 2. The number of hydrogen-bond donors (Lipinski definition) is 1. The second kappa shape index (κ2) is 10.4. The SMILES string of the molecule is O=C(NC(c1cccc(OCc2ccccc2)c1)c1nccnc1Cl)c1ccc2ccccc2c1. The molecule has 0 aliphatic heterocycles. The molecule has 6 heteroatoms. The number of benzene rings is 4. The van der Waals surface area contributed by atoms with Crippen LogP contribution in [-0.2, 0) is 6.61 Å². The van der Waals surface area contributed by atoms with Crippen LogP contribution in [0.1, 0.15) is 33.2 Å². The minimum atomic E-state index is -0.615. The van der Waals surface area contributed by atoms with E-state index < -0.39 is 6.04 Å². The van der Waals surface area contributed by atoms with Gasteiger partial charge in [0.25, 0.3) is 5.91 Å². The molecular formula is C29H22ClN3O2. The third-order valence-corrected chi connectivity index (χ3v) is 5.97. The van der Waals surface area contributed by atoms with Crippen molar-refractivity contribution in [3.8, 4) is 5.75 Å². The summed E-state index contributed by atoms with van der Waals surface area (Å²) in [5.74, 6) is 0.439. The summed E-state index contributed by atoms with van der Waals surface area (Å²) in [5, 5.41) is 5.38. The van der Waals surface area contributed by atoms with Gasteiger partial charge in [-0.2, -0.15) is 0 Å². The van der Waals surface area contributed by atoms with Crippen molar-refractivity contribution in [3.63, 3.8) is 0 Å². The van der Waals surface area contributed by atoms with E-state index in [9.17, 15) is 4.79 Å². The number of halogens is 1. The molecule has 5 aromatic rings. The van der Waals surface area contributed by atoms with Crippen LogP contribution in [0.25, 0.3) is 10.8 Å². The molecule has 4 aromatic carbocycles. The molecule has 1 heterocycles. The topological polar surface area (TPSA) is 64.1 Å². The number of rotatable bonds is 7. The average molecular weight is 480 g/mol. The van der Waals surface area contributed by atoms with Crippen LogP contribution < -0.4 is 10.1 Å². The van der Waals surface area contributed by atoms with Gasteiger partial charge >= 0.3 is 0 Å². The van der Waals surface area contributed by atoms with Crippen molar-refractivity contribution >= 4 is 28.3 Å². The lowest BCUT2D eigenvalue weighted by molar-refractivity contribution is 0.0942. The first-order chi connectivity index (χ1) is 17.2. The summed E-state index contributed by atoms with van der Waals surface area (Å²) < 4.78 is 6.01. The van der Waals surface area contributed by atoms with Gasteiger partial charge in [-0.15, -0.1) is 0 Å². The first kappa shape index (κ1) is 22.6. The number of ether oxygens (including phenoxy) is 1. The smallest absolute Gasteiger partial charge is 0.252 e. The molecule has 35 heavy (non-hydrogen) atoms. The highest BCUT2D eigenvalue weighted by Gasteiger charge is 2.23. The van der Waals surface area contributed by atoms with Gasteiger partial charge in [-0.1, -0.05) is 84.4 Å². The van der Waals surface area contributed by atoms with Gasteiger partial charge in [-0.25, -0.2) is 4.98 Å². The number of carbonyl (C=O) groups excluding carboxylic acids is 1. The number of hydrogen-bond acceptors (Lipinski definition) is 4. The molecule has 0 saturated heterocycles. The van der Waals surface area contributed by atoms with Crippen molar-refractivity contribution in [2.45, 2.75) is 12.6 Å². The molecule has 1 unspecified atom stereocenters. The quantitative estimate of drug-likeness (QED) is 0.294. The van der Waals surface area contributed by atoms with E-state index in [0.29, 0.717) is 23.6 Å². The second-order valence-electron chi connectivity index (χ2n) is 8.05. The minimum Gasteiger partial charge on any atom is -0.489 e. The molecular weight excluding hydrogens is 458 g/mol.